The highest BCUT2D eigenvalue weighted by molar-refractivity contribution is 5.47. The van der Waals surface area contributed by atoms with Gasteiger partial charge in [-0.3, -0.25) is 0 Å². The van der Waals surface area contributed by atoms with Gasteiger partial charge in [0.15, 0.2) is 0 Å². The largest absolute Gasteiger partial charge is 0.457 e. The fraction of sp³-hybridized carbons (Fsp3) is 0.429. The van der Waals surface area contributed by atoms with Crippen molar-refractivity contribution in [1.82, 2.24) is 0 Å². The third-order valence-corrected chi connectivity index (χ3v) is 8.77. The molecule has 0 N–H and O–H groups in total. The molecule has 0 aliphatic rings. The zero-order valence-electron chi connectivity index (χ0n) is 30.0. The molecular formula is C42H46F8O3. The summed E-state index contributed by atoms with van der Waals surface area (Å²) in [5.74, 6) is 0.974. The van der Waals surface area contributed by atoms with Crippen LogP contribution in [-0.2, 0) is 48.0 Å². The zero-order valence-corrected chi connectivity index (χ0v) is 30.0. The van der Waals surface area contributed by atoms with Crippen molar-refractivity contribution in [3.05, 3.63) is 129 Å². The van der Waals surface area contributed by atoms with Crippen molar-refractivity contribution < 1.29 is 49.3 Å². The Morgan fingerprint density at radius 1 is 0.472 bits per heavy atom. The summed E-state index contributed by atoms with van der Waals surface area (Å²) in [7, 11) is 0. The van der Waals surface area contributed by atoms with Gasteiger partial charge < -0.3 is 14.2 Å². The van der Waals surface area contributed by atoms with E-state index in [9.17, 15) is 35.1 Å². The highest BCUT2D eigenvalue weighted by atomic mass is 19.4. The normalized spacial score (nSPS) is 13.2. The van der Waals surface area contributed by atoms with E-state index < -0.39 is 38.3 Å². The SMILES string of the molecule is CCCCc1ccc(Cc2cc(CCOC(F)C(F)(F)F)ccc2Oc2ccc(CCOC(F)C(F)(F)F)cc2Cc2ccc(CCCC)cc2)cc1. The quantitative estimate of drug-likeness (QED) is 0.0842. The van der Waals surface area contributed by atoms with Crippen molar-refractivity contribution in [2.75, 3.05) is 13.2 Å². The van der Waals surface area contributed by atoms with Crippen molar-refractivity contribution >= 4 is 0 Å². The second kappa shape index (κ2) is 19.9. The van der Waals surface area contributed by atoms with Gasteiger partial charge in [-0.1, -0.05) is 99.5 Å². The summed E-state index contributed by atoms with van der Waals surface area (Å²) < 4.78 is 118. The van der Waals surface area contributed by atoms with Gasteiger partial charge in [-0.15, -0.1) is 0 Å². The number of halogens is 8. The van der Waals surface area contributed by atoms with Crippen molar-refractivity contribution in [2.24, 2.45) is 0 Å². The monoisotopic (exact) mass is 750 g/mol. The maximum atomic E-state index is 13.4. The number of alkyl halides is 8. The van der Waals surface area contributed by atoms with Crippen LogP contribution in [0.3, 0.4) is 0 Å². The summed E-state index contributed by atoms with van der Waals surface area (Å²) in [5, 5.41) is 0. The molecule has 0 aliphatic carbocycles. The van der Waals surface area contributed by atoms with E-state index in [1.807, 2.05) is 24.3 Å². The Morgan fingerprint density at radius 2 is 0.811 bits per heavy atom. The molecule has 0 bridgehead atoms. The predicted octanol–water partition coefficient (Wildman–Crippen LogP) is 12.2. The van der Waals surface area contributed by atoms with E-state index in [-0.39, 0.29) is 12.8 Å². The lowest BCUT2D eigenvalue weighted by Crippen LogP contribution is -2.27. The number of hydrogen-bond acceptors (Lipinski definition) is 3. The third kappa shape index (κ3) is 13.8. The first-order valence-electron chi connectivity index (χ1n) is 18.0. The van der Waals surface area contributed by atoms with Crippen LogP contribution in [0.1, 0.15) is 84.0 Å². The Bertz CT molecular complexity index is 1560. The van der Waals surface area contributed by atoms with E-state index in [0.29, 0.717) is 35.5 Å². The molecule has 0 fully saturated rings. The van der Waals surface area contributed by atoms with Crippen LogP contribution in [0.2, 0.25) is 0 Å². The first-order valence-corrected chi connectivity index (χ1v) is 18.0. The lowest BCUT2D eigenvalue weighted by molar-refractivity contribution is -0.264. The van der Waals surface area contributed by atoms with E-state index in [2.05, 4.69) is 47.6 Å². The molecule has 2 atom stereocenters. The predicted molar refractivity (Wildman–Crippen MR) is 190 cm³/mol. The van der Waals surface area contributed by atoms with Gasteiger partial charge in [0.2, 0.25) is 0 Å². The van der Waals surface area contributed by atoms with Crippen LogP contribution in [0.15, 0.2) is 84.9 Å². The maximum Gasteiger partial charge on any atom is 0.445 e. The highest BCUT2D eigenvalue weighted by Gasteiger charge is 2.42. The molecule has 0 saturated carbocycles. The summed E-state index contributed by atoms with van der Waals surface area (Å²) in [5.41, 5.74) is 7.11. The molecule has 11 heteroatoms. The van der Waals surface area contributed by atoms with Gasteiger partial charge >= 0.3 is 12.4 Å². The summed E-state index contributed by atoms with van der Waals surface area (Å²) in [6.45, 7) is 3.29. The summed E-state index contributed by atoms with van der Waals surface area (Å²) >= 11 is 0. The maximum absolute atomic E-state index is 13.4. The van der Waals surface area contributed by atoms with Crippen LogP contribution < -0.4 is 4.74 Å². The molecular weight excluding hydrogens is 704 g/mol. The molecule has 4 rings (SSSR count). The van der Waals surface area contributed by atoms with E-state index in [1.54, 1.807) is 36.4 Å². The Hall–Kier alpha value is -3.96. The molecule has 0 aromatic heterocycles. The van der Waals surface area contributed by atoms with Gasteiger partial charge in [-0.25, -0.2) is 8.78 Å². The van der Waals surface area contributed by atoms with Crippen LogP contribution >= 0.6 is 0 Å². The molecule has 0 spiro atoms. The summed E-state index contributed by atoms with van der Waals surface area (Å²) in [6, 6.07) is 26.8. The van der Waals surface area contributed by atoms with Crippen LogP contribution in [0.25, 0.3) is 0 Å². The van der Waals surface area contributed by atoms with E-state index >= 15 is 0 Å². The molecule has 3 nitrogen and oxygen atoms in total. The number of ether oxygens (including phenoxy) is 3. The minimum Gasteiger partial charge on any atom is -0.457 e. The highest BCUT2D eigenvalue weighted by Crippen LogP contribution is 2.33. The van der Waals surface area contributed by atoms with Crippen LogP contribution in [0.5, 0.6) is 11.5 Å². The smallest absolute Gasteiger partial charge is 0.445 e. The average molecular weight is 751 g/mol. The van der Waals surface area contributed by atoms with Gasteiger partial charge in [-0.05, 0) is 95.2 Å². The van der Waals surface area contributed by atoms with Gasteiger partial charge in [0, 0.05) is 12.8 Å². The second-order valence-corrected chi connectivity index (χ2v) is 13.1. The first-order chi connectivity index (χ1) is 25.2. The van der Waals surface area contributed by atoms with E-state index in [4.69, 9.17) is 4.74 Å². The van der Waals surface area contributed by atoms with Gasteiger partial charge in [-0.2, -0.15) is 26.3 Å². The fourth-order valence-electron chi connectivity index (χ4n) is 5.77. The first kappa shape index (κ1) is 41.8. The van der Waals surface area contributed by atoms with E-state index in [0.717, 1.165) is 60.8 Å². The van der Waals surface area contributed by atoms with Gasteiger partial charge in [0.05, 0.1) is 13.2 Å². The second-order valence-electron chi connectivity index (χ2n) is 13.1. The zero-order chi connectivity index (χ0) is 38.4. The number of benzene rings is 4. The number of aryl methyl sites for hydroxylation is 2. The Morgan fingerprint density at radius 3 is 1.15 bits per heavy atom. The Balaban J connectivity index is 1.63. The van der Waals surface area contributed by atoms with Crippen molar-refractivity contribution in [3.63, 3.8) is 0 Å². The molecule has 0 amide bonds. The van der Waals surface area contributed by atoms with Crippen LogP contribution in [0.4, 0.5) is 35.1 Å². The van der Waals surface area contributed by atoms with Crippen molar-refractivity contribution in [2.45, 2.75) is 103 Å². The van der Waals surface area contributed by atoms with Gasteiger partial charge in [0.1, 0.15) is 11.5 Å². The molecule has 53 heavy (non-hydrogen) atoms. The average Bonchev–Trinajstić information content (AvgIpc) is 3.12. The molecule has 2 unspecified atom stereocenters. The van der Waals surface area contributed by atoms with Crippen molar-refractivity contribution in [1.29, 1.82) is 0 Å². The van der Waals surface area contributed by atoms with Gasteiger partial charge in [0.25, 0.3) is 12.7 Å². The lowest BCUT2D eigenvalue weighted by atomic mass is 9.98. The molecule has 0 radical (unpaired) electrons. The summed E-state index contributed by atoms with van der Waals surface area (Å²) in [6.07, 6.45) is -9.86. The standard InChI is InChI=1S/C42H46F8O3/c1-3-5-7-29-9-13-31(14-10-29)25-35-27-33(21-23-51-39(43)41(45,46)47)17-19-37(35)53-38-20-18-34(22-24-52-40(44)42(48,49)50)28-36(38)26-32-15-11-30(12-16-32)8-6-4-2/h9-20,27-28,39-40H,3-8,21-26H2,1-2H3. The topological polar surface area (TPSA) is 27.7 Å². The van der Waals surface area contributed by atoms with Crippen molar-refractivity contribution in [3.8, 4) is 11.5 Å². The summed E-state index contributed by atoms with van der Waals surface area (Å²) in [4.78, 5) is 0. The van der Waals surface area contributed by atoms with E-state index in [1.165, 1.54) is 11.1 Å². The minimum atomic E-state index is -5.11. The Labute approximate surface area is 306 Å². The number of unbranched alkanes of at least 4 members (excludes halogenated alkanes) is 2. The lowest BCUT2D eigenvalue weighted by Gasteiger charge is -2.18. The molecule has 0 saturated heterocycles. The minimum absolute atomic E-state index is 0.0318. The molecule has 288 valence electrons. The molecule has 0 heterocycles. The molecule has 0 aliphatic heterocycles. The molecule has 4 aromatic carbocycles. The Kier molecular flexibility index (Phi) is 15.7. The fourth-order valence-corrected chi connectivity index (χ4v) is 5.77. The number of rotatable bonds is 20. The number of hydrogen-bond donors (Lipinski definition) is 0. The molecule has 4 aromatic rings. The van der Waals surface area contributed by atoms with Crippen LogP contribution in [0, 0.1) is 0 Å². The van der Waals surface area contributed by atoms with Crippen LogP contribution in [-0.4, -0.2) is 38.3 Å². The third-order valence-electron chi connectivity index (χ3n) is 8.77.